The molecule has 0 fully saturated rings. The van der Waals surface area contributed by atoms with Gasteiger partial charge in [0.25, 0.3) is 0 Å². The molecule has 0 spiro atoms. The second kappa shape index (κ2) is 10.6. The molecule has 7 nitrogen and oxygen atoms in total. The van der Waals surface area contributed by atoms with Gasteiger partial charge in [0, 0.05) is 11.6 Å². The minimum atomic E-state index is -1.09. The van der Waals surface area contributed by atoms with Crippen LogP contribution >= 0.6 is 0 Å². The Bertz CT molecular complexity index is 913. The zero-order chi connectivity index (χ0) is 22.2. The molecule has 7 heteroatoms. The smallest absolute Gasteiger partial charge is 0.323 e. The standard InChI is InChI=1S/C24H27NO6/c1-2-30-24(29)19(16-31-20-9-4-3-5-10-20)14-18-13-12-17-8-6-7-11-21(17)25(23(18)28)15-22(26)27/h3-11,18-19H,2,12-16H2,1H3,(H,26,27). The molecule has 0 aromatic heterocycles. The van der Waals surface area contributed by atoms with Crippen molar-refractivity contribution in [3.8, 4) is 5.75 Å². The van der Waals surface area contributed by atoms with E-state index in [9.17, 15) is 19.5 Å². The highest BCUT2D eigenvalue weighted by Crippen LogP contribution is 2.32. The van der Waals surface area contributed by atoms with Gasteiger partial charge in [-0.15, -0.1) is 0 Å². The van der Waals surface area contributed by atoms with Gasteiger partial charge in [-0.2, -0.15) is 0 Å². The fourth-order valence-corrected chi connectivity index (χ4v) is 3.84. The molecule has 2 aromatic carbocycles. The number of esters is 1. The number of aliphatic carboxylic acids is 1. The van der Waals surface area contributed by atoms with Crippen molar-refractivity contribution in [2.45, 2.75) is 26.2 Å². The number of nitrogens with zero attached hydrogens (tertiary/aromatic N) is 1. The SMILES string of the molecule is CCOC(=O)C(COc1ccccc1)CC1CCc2ccccc2N(CC(=O)O)C1=O. The molecule has 1 aliphatic rings. The number of hydrogen-bond acceptors (Lipinski definition) is 5. The maximum Gasteiger partial charge on any atom is 0.323 e. The van der Waals surface area contributed by atoms with Gasteiger partial charge in [0.05, 0.1) is 12.5 Å². The number of aryl methyl sites for hydroxylation is 1. The van der Waals surface area contributed by atoms with Gasteiger partial charge in [0.15, 0.2) is 0 Å². The van der Waals surface area contributed by atoms with Crippen LogP contribution in [0.1, 0.15) is 25.3 Å². The Morgan fingerprint density at radius 1 is 1.13 bits per heavy atom. The number of anilines is 1. The zero-order valence-electron chi connectivity index (χ0n) is 17.5. The van der Waals surface area contributed by atoms with Crippen LogP contribution in [0.25, 0.3) is 0 Å². The van der Waals surface area contributed by atoms with Crippen LogP contribution in [0.4, 0.5) is 5.69 Å². The Balaban J connectivity index is 1.79. The highest BCUT2D eigenvalue weighted by molar-refractivity contribution is 6.00. The molecule has 0 bridgehead atoms. The maximum atomic E-state index is 13.3. The average Bonchev–Trinajstić information content (AvgIpc) is 2.89. The Hall–Kier alpha value is -3.35. The summed E-state index contributed by atoms with van der Waals surface area (Å²) >= 11 is 0. The van der Waals surface area contributed by atoms with Gasteiger partial charge < -0.3 is 19.5 Å². The lowest BCUT2D eigenvalue weighted by Crippen LogP contribution is -2.40. The van der Waals surface area contributed by atoms with Gasteiger partial charge in [-0.1, -0.05) is 36.4 Å². The number of fused-ring (bicyclic) bond motifs is 1. The average molecular weight is 425 g/mol. The van der Waals surface area contributed by atoms with Crippen LogP contribution < -0.4 is 9.64 Å². The van der Waals surface area contributed by atoms with E-state index in [1.807, 2.05) is 30.3 Å². The highest BCUT2D eigenvalue weighted by Gasteiger charge is 2.35. The van der Waals surface area contributed by atoms with Gasteiger partial charge in [-0.25, -0.2) is 0 Å². The van der Waals surface area contributed by atoms with Crippen molar-refractivity contribution in [1.82, 2.24) is 0 Å². The monoisotopic (exact) mass is 425 g/mol. The maximum absolute atomic E-state index is 13.3. The molecular weight excluding hydrogens is 398 g/mol. The number of carboxylic acids is 1. The van der Waals surface area contributed by atoms with Crippen molar-refractivity contribution >= 4 is 23.5 Å². The fourth-order valence-electron chi connectivity index (χ4n) is 3.84. The van der Waals surface area contributed by atoms with Crippen molar-refractivity contribution in [3.63, 3.8) is 0 Å². The zero-order valence-corrected chi connectivity index (χ0v) is 17.5. The molecule has 1 N–H and O–H groups in total. The van der Waals surface area contributed by atoms with E-state index in [1.165, 1.54) is 4.90 Å². The van der Waals surface area contributed by atoms with Crippen molar-refractivity contribution < 1.29 is 29.0 Å². The van der Waals surface area contributed by atoms with Gasteiger partial charge in [0.1, 0.15) is 18.9 Å². The number of amides is 1. The second-order valence-electron chi connectivity index (χ2n) is 7.49. The predicted octanol–water partition coefficient (Wildman–Crippen LogP) is 3.32. The minimum Gasteiger partial charge on any atom is -0.493 e. The van der Waals surface area contributed by atoms with Crippen molar-refractivity contribution in [1.29, 1.82) is 0 Å². The van der Waals surface area contributed by atoms with Crippen molar-refractivity contribution in [3.05, 3.63) is 60.2 Å². The third-order valence-electron chi connectivity index (χ3n) is 5.34. The molecule has 1 heterocycles. The van der Waals surface area contributed by atoms with Crippen LogP contribution in [0.5, 0.6) is 5.75 Å². The number of carbonyl (C=O) groups excluding carboxylic acids is 2. The van der Waals surface area contributed by atoms with Crippen molar-refractivity contribution in [2.24, 2.45) is 11.8 Å². The van der Waals surface area contributed by atoms with Crippen LogP contribution in [0.2, 0.25) is 0 Å². The largest absolute Gasteiger partial charge is 0.493 e. The van der Waals surface area contributed by atoms with E-state index in [1.54, 1.807) is 31.2 Å². The summed E-state index contributed by atoms with van der Waals surface area (Å²) in [7, 11) is 0. The molecule has 0 saturated heterocycles. The summed E-state index contributed by atoms with van der Waals surface area (Å²) in [4.78, 5) is 38.6. The third-order valence-corrected chi connectivity index (χ3v) is 5.34. The van der Waals surface area contributed by atoms with E-state index in [0.29, 0.717) is 24.3 Å². The van der Waals surface area contributed by atoms with Crippen LogP contribution in [-0.4, -0.2) is 42.7 Å². The van der Waals surface area contributed by atoms with E-state index in [-0.39, 0.29) is 25.5 Å². The second-order valence-corrected chi connectivity index (χ2v) is 7.49. The Morgan fingerprint density at radius 3 is 2.55 bits per heavy atom. The fraction of sp³-hybridized carbons (Fsp3) is 0.375. The molecule has 2 atom stereocenters. The quantitative estimate of drug-likeness (QED) is 0.620. The summed E-state index contributed by atoms with van der Waals surface area (Å²) in [6.07, 6.45) is 1.37. The molecule has 1 amide bonds. The van der Waals surface area contributed by atoms with E-state index >= 15 is 0 Å². The van der Waals surface area contributed by atoms with Crippen LogP contribution in [0, 0.1) is 11.8 Å². The van der Waals surface area contributed by atoms with Gasteiger partial charge in [-0.05, 0) is 49.9 Å². The number of carbonyl (C=O) groups is 3. The lowest BCUT2D eigenvalue weighted by molar-refractivity contribution is -0.150. The molecule has 164 valence electrons. The molecule has 2 unspecified atom stereocenters. The minimum absolute atomic E-state index is 0.0819. The number of carboxylic acid groups (broad SMARTS) is 1. The summed E-state index contributed by atoms with van der Waals surface area (Å²) in [5, 5.41) is 9.35. The molecule has 1 aliphatic heterocycles. The van der Waals surface area contributed by atoms with Gasteiger partial charge >= 0.3 is 11.9 Å². The summed E-state index contributed by atoms with van der Waals surface area (Å²) < 4.78 is 11.0. The summed E-state index contributed by atoms with van der Waals surface area (Å²) in [6.45, 7) is 1.63. The number of ether oxygens (including phenoxy) is 2. The molecule has 31 heavy (non-hydrogen) atoms. The first-order valence-corrected chi connectivity index (χ1v) is 10.4. The van der Waals surface area contributed by atoms with E-state index in [4.69, 9.17) is 9.47 Å². The van der Waals surface area contributed by atoms with Gasteiger partial charge in [0.2, 0.25) is 5.91 Å². The van der Waals surface area contributed by atoms with Crippen LogP contribution in [0.3, 0.4) is 0 Å². The third kappa shape index (κ3) is 5.84. The Labute approximate surface area is 181 Å². The number of para-hydroxylation sites is 2. The topological polar surface area (TPSA) is 93.1 Å². The first kappa shape index (κ1) is 22.3. The summed E-state index contributed by atoms with van der Waals surface area (Å²) in [6, 6.07) is 16.5. The lowest BCUT2D eigenvalue weighted by atomic mass is 9.90. The summed E-state index contributed by atoms with van der Waals surface area (Å²) in [5.74, 6) is -2.32. The van der Waals surface area contributed by atoms with Gasteiger partial charge in [-0.3, -0.25) is 14.4 Å². The normalized spacial score (nSPS) is 16.7. The molecule has 0 aliphatic carbocycles. The summed E-state index contributed by atoms with van der Waals surface area (Å²) in [5.41, 5.74) is 1.54. The molecule has 0 radical (unpaired) electrons. The number of rotatable bonds is 9. The molecular formula is C24H27NO6. The Morgan fingerprint density at radius 2 is 1.84 bits per heavy atom. The van der Waals surface area contributed by atoms with Crippen LogP contribution in [-0.2, 0) is 25.5 Å². The molecule has 3 rings (SSSR count). The first-order chi connectivity index (χ1) is 15.0. The first-order valence-electron chi connectivity index (χ1n) is 10.4. The number of hydrogen-bond donors (Lipinski definition) is 1. The molecule has 2 aromatic rings. The Kier molecular flexibility index (Phi) is 7.65. The van der Waals surface area contributed by atoms with Crippen LogP contribution in [0.15, 0.2) is 54.6 Å². The predicted molar refractivity (Wildman–Crippen MR) is 115 cm³/mol. The molecule has 0 saturated carbocycles. The van der Waals surface area contributed by atoms with E-state index in [0.717, 1.165) is 5.56 Å². The number of benzene rings is 2. The van der Waals surface area contributed by atoms with E-state index < -0.39 is 30.3 Å². The van der Waals surface area contributed by atoms with Crippen molar-refractivity contribution in [2.75, 3.05) is 24.7 Å². The highest BCUT2D eigenvalue weighted by atomic mass is 16.5. The van der Waals surface area contributed by atoms with E-state index in [2.05, 4.69) is 0 Å². The lowest BCUT2D eigenvalue weighted by Gasteiger charge is -2.26.